The number of hydrogen-bond donors (Lipinski definition) is 2. The third-order valence-corrected chi connectivity index (χ3v) is 2.75. The van der Waals surface area contributed by atoms with Gasteiger partial charge >= 0.3 is 0 Å². The van der Waals surface area contributed by atoms with Crippen molar-refractivity contribution in [3.8, 4) is 5.75 Å². The van der Waals surface area contributed by atoms with E-state index >= 15 is 0 Å². The number of aliphatic hydroxyl groups excluding tert-OH is 1. The summed E-state index contributed by atoms with van der Waals surface area (Å²) in [6, 6.07) is 8.43. The van der Waals surface area contributed by atoms with Crippen LogP contribution in [0.2, 0.25) is 0 Å². The average molecular weight is 251 g/mol. The molecule has 0 heterocycles. The SMILES string of the molecule is CC(C)NC[C@@H](O)COc1ccc(C(C)C)cc1. The van der Waals surface area contributed by atoms with Gasteiger partial charge in [0.05, 0.1) is 0 Å². The molecule has 0 aliphatic carbocycles. The van der Waals surface area contributed by atoms with Crippen LogP contribution in [-0.2, 0) is 0 Å². The van der Waals surface area contributed by atoms with Crippen LogP contribution >= 0.6 is 0 Å². The van der Waals surface area contributed by atoms with Crippen LogP contribution in [-0.4, -0.2) is 30.4 Å². The van der Waals surface area contributed by atoms with Crippen LogP contribution in [0.25, 0.3) is 0 Å². The molecule has 0 spiro atoms. The van der Waals surface area contributed by atoms with Gasteiger partial charge in [-0.05, 0) is 23.6 Å². The lowest BCUT2D eigenvalue weighted by molar-refractivity contribution is 0.104. The third kappa shape index (κ3) is 5.52. The monoisotopic (exact) mass is 251 g/mol. The van der Waals surface area contributed by atoms with E-state index in [-0.39, 0.29) is 0 Å². The molecule has 0 amide bonds. The molecule has 1 aromatic carbocycles. The van der Waals surface area contributed by atoms with E-state index in [1.165, 1.54) is 5.56 Å². The van der Waals surface area contributed by atoms with Crippen LogP contribution in [0.5, 0.6) is 5.75 Å². The lowest BCUT2D eigenvalue weighted by atomic mass is 10.0. The lowest BCUT2D eigenvalue weighted by Gasteiger charge is -2.15. The normalized spacial score (nSPS) is 13.1. The van der Waals surface area contributed by atoms with E-state index in [0.29, 0.717) is 25.1 Å². The minimum Gasteiger partial charge on any atom is -0.491 e. The van der Waals surface area contributed by atoms with Crippen molar-refractivity contribution in [2.75, 3.05) is 13.2 Å². The van der Waals surface area contributed by atoms with Crippen LogP contribution < -0.4 is 10.1 Å². The van der Waals surface area contributed by atoms with E-state index in [1.807, 2.05) is 12.1 Å². The van der Waals surface area contributed by atoms with Gasteiger partial charge in [-0.3, -0.25) is 0 Å². The maximum Gasteiger partial charge on any atom is 0.119 e. The highest BCUT2D eigenvalue weighted by atomic mass is 16.5. The summed E-state index contributed by atoms with van der Waals surface area (Å²) >= 11 is 0. The predicted molar refractivity (Wildman–Crippen MR) is 75.2 cm³/mol. The summed E-state index contributed by atoms with van der Waals surface area (Å²) in [6.07, 6.45) is -0.475. The van der Waals surface area contributed by atoms with Gasteiger partial charge in [0.1, 0.15) is 18.5 Å². The molecule has 0 aliphatic rings. The van der Waals surface area contributed by atoms with E-state index in [0.717, 1.165) is 5.75 Å². The Bertz CT molecular complexity index is 333. The quantitative estimate of drug-likeness (QED) is 0.782. The molecule has 1 rings (SSSR count). The van der Waals surface area contributed by atoms with Gasteiger partial charge in [-0.15, -0.1) is 0 Å². The Hall–Kier alpha value is -1.06. The average Bonchev–Trinajstić information content (AvgIpc) is 2.34. The van der Waals surface area contributed by atoms with Crippen molar-refractivity contribution in [1.29, 1.82) is 0 Å². The predicted octanol–water partition coefficient (Wildman–Crippen LogP) is 2.55. The maximum atomic E-state index is 9.71. The number of rotatable bonds is 7. The molecule has 0 saturated carbocycles. The maximum absolute atomic E-state index is 9.71. The highest BCUT2D eigenvalue weighted by Crippen LogP contribution is 2.18. The first-order chi connectivity index (χ1) is 8.49. The second-order valence-electron chi connectivity index (χ2n) is 5.25. The van der Waals surface area contributed by atoms with Gasteiger partial charge in [0.25, 0.3) is 0 Å². The molecule has 0 saturated heterocycles. The van der Waals surface area contributed by atoms with E-state index in [1.54, 1.807) is 0 Å². The standard InChI is InChI=1S/C15H25NO2/c1-11(2)13-5-7-15(8-6-13)18-10-14(17)9-16-12(3)4/h5-8,11-12,14,16-17H,9-10H2,1-4H3/t14-/m1/s1. The molecule has 0 bridgehead atoms. The summed E-state index contributed by atoms with van der Waals surface area (Å²) in [5.74, 6) is 1.34. The van der Waals surface area contributed by atoms with Crippen molar-refractivity contribution in [1.82, 2.24) is 5.32 Å². The Morgan fingerprint density at radius 1 is 1.11 bits per heavy atom. The van der Waals surface area contributed by atoms with Crippen molar-refractivity contribution in [2.24, 2.45) is 0 Å². The molecule has 3 nitrogen and oxygen atoms in total. The lowest BCUT2D eigenvalue weighted by Crippen LogP contribution is -2.35. The van der Waals surface area contributed by atoms with Gasteiger partial charge in [0.15, 0.2) is 0 Å². The number of hydrogen-bond acceptors (Lipinski definition) is 3. The van der Waals surface area contributed by atoms with E-state index in [4.69, 9.17) is 4.74 Å². The molecule has 0 fully saturated rings. The highest BCUT2D eigenvalue weighted by Gasteiger charge is 2.06. The molecule has 0 unspecified atom stereocenters. The Balaban J connectivity index is 2.34. The van der Waals surface area contributed by atoms with Gasteiger partial charge in [-0.2, -0.15) is 0 Å². The fourth-order valence-corrected chi connectivity index (χ4v) is 1.57. The molecule has 1 atom stereocenters. The van der Waals surface area contributed by atoms with Crippen LogP contribution in [0, 0.1) is 0 Å². The Morgan fingerprint density at radius 3 is 2.22 bits per heavy atom. The minimum atomic E-state index is -0.475. The molecule has 18 heavy (non-hydrogen) atoms. The van der Waals surface area contributed by atoms with E-state index in [9.17, 15) is 5.11 Å². The second-order valence-corrected chi connectivity index (χ2v) is 5.25. The van der Waals surface area contributed by atoms with E-state index < -0.39 is 6.10 Å². The molecule has 0 radical (unpaired) electrons. The summed E-state index contributed by atoms with van der Waals surface area (Å²) < 4.78 is 5.54. The molecule has 102 valence electrons. The summed E-state index contributed by atoms with van der Waals surface area (Å²) in [5, 5.41) is 12.9. The number of ether oxygens (including phenoxy) is 1. The largest absolute Gasteiger partial charge is 0.491 e. The number of benzene rings is 1. The zero-order chi connectivity index (χ0) is 13.5. The van der Waals surface area contributed by atoms with Gasteiger partial charge in [0, 0.05) is 12.6 Å². The molecule has 3 heteroatoms. The highest BCUT2D eigenvalue weighted by molar-refractivity contribution is 5.28. The topological polar surface area (TPSA) is 41.5 Å². The molecular weight excluding hydrogens is 226 g/mol. The Labute approximate surface area is 110 Å². The first kappa shape index (κ1) is 15.0. The Kier molecular flexibility index (Phi) is 6.16. The van der Waals surface area contributed by atoms with Crippen LogP contribution in [0.3, 0.4) is 0 Å². The zero-order valence-electron chi connectivity index (χ0n) is 11.8. The minimum absolute atomic E-state index is 0.320. The summed E-state index contributed by atoms with van der Waals surface area (Å²) in [4.78, 5) is 0. The zero-order valence-corrected chi connectivity index (χ0v) is 11.8. The van der Waals surface area contributed by atoms with Crippen molar-refractivity contribution in [2.45, 2.75) is 45.8 Å². The molecule has 0 aliphatic heterocycles. The molecular formula is C15H25NO2. The Morgan fingerprint density at radius 2 is 1.72 bits per heavy atom. The van der Waals surface area contributed by atoms with Crippen molar-refractivity contribution >= 4 is 0 Å². The smallest absolute Gasteiger partial charge is 0.119 e. The van der Waals surface area contributed by atoms with Gasteiger partial charge in [-0.25, -0.2) is 0 Å². The van der Waals surface area contributed by atoms with Gasteiger partial charge < -0.3 is 15.2 Å². The van der Waals surface area contributed by atoms with Crippen LogP contribution in [0.15, 0.2) is 24.3 Å². The summed E-state index contributed by atoms with van der Waals surface area (Å²) in [5.41, 5.74) is 1.30. The van der Waals surface area contributed by atoms with Crippen LogP contribution in [0.1, 0.15) is 39.2 Å². The van der Waals surface area contributed by atoms with Gasteiger partial charge in [0.2, 0.25) is 0 Å². The summed E-state index contributed by atoms with van der Waals surface area (Å²) in [7, 11) is 0. The first-order valence-electron chi connectivity index (χ1n) is 6.63. The van der Waals surface area contributed by atoms with Gasteiger partial charge in [-0.1, -0.05) is 39.8 Å². The fourth-order valence-electron chi connectivity index (χ4n) is 1.57. The number of aliphatic hydroxyl groups is 1. The molecule has 1 aromatic rings. The van der Waals surface area contributed by atoms with Crippen molar-refractivity contribution in [3.63, 3.8) is 0 Å². The molecule has 2 N–H and O–H groups in total. The van der Waals surface area contributed by atoms with Crippen molar-refractivity contribution in [3.05, 3.63) is 29.8 Å². The summed E-state index contributed by atoms with van der Waals surface area (Å²) in [6.45, 7) is 9.31. The van der Waals surface area contributed by atoms with Crippen molar-refractivity contribution < 1.29 is 9.84 Å². The number of nitrogens with one attached hydrogen (secondary N) is 1. The third-order valence-electron chi connectivity index (χ3n) is 2.75. The fraction of sp³-hybridized carbons (Fsp3) is 0.600. The first-order valence-corrected chi connectivity index (χ1v) is 6.63. The van der Waals surface area contributed by atoms with E-state index in [2.05, 4.69) is 45.1 Å². The van der Waals surface area contributed by atoms with Crippen LogP contribution in [0.4, 0.5) is 0 Å². The molecule has 0 aromatic heterocycles. The second kappa shape index (κ2) is 7.39.